The lowest BCUT2D eigenvalue weighted by Crippen LogP contribution is -2.26. The van der Waals surface area contributed by atoms with Crippen LogP contribution in [0.1, 0.15) is 36.6 Å². The van der Waals surface area contributed by atoms with Gasteiger partial charge >= 0.3 is 0 Å². The second kappa shape index (κ2) is 12.5. The summed E-state index contributed by atoms with van der Waals surface area (Å²) in [6.07, 6.45) is 5.77. The summed E-state index contributed by atoms with van der Waals surface area (Å²) in [4.78, 5) is 7.01. The molecule has 0 aliphatic rings. The minimum atomic E-state index is -0.153. The number of nitrogens with zero attached hydrogens (tertiary/aromatic N) is 3. The summed E-state index contributed by atoms with van der Waals surface area (Å²) in [5.41, 5.74) is 4.27. The molecule has 0 fully saturated rings. The Morgan fingerprint density at radius 3 is 2.34 bits per heavy atom. The van der Waals surface area contributed by atoms with Gasteiger partial charge in [0, 0.05) is 25.2 Å². The SMILES string of the molecule is CCCCn1c(CN(CC(F)=Cc2ccccc2)Cc2cccc3ccccc23)cnc1-c1ccccc1. The lowest BCUT2D eigenvalue weighted by molar-refractivity contribution is 0.256. The molecule has 192 valence electrons. The molecule has 0 aliphatic carbocycles. The van der Waals surface area contributed by atoms with Crippen molar-refractivity contribution in [2.45, 2.75) is 39.4 Å². The van der Waals surface area contributed by atoms with Gasteiger partial charge < -0.3 is 4.57 Å². The van der Waals surface area contributed by atoms with E-state index in [9.17, 15) is 0 Å². The molecular weight excluding hydrogens is 469 g/mol. The van der Waals surface area contributed by atoms with E-state index in [2.05, 4.69) is 71.0 Å². The molecule has 0 spiro atoms. The Kier molecular flexibility index (Phi) is 8.42. The van der Waals surface area contributed by atoms with Gasteiger partial charge in [-0.2, -0.15) is 0 Å². The number of aromatic nitrogens is 2. The largest absolute Gasteiger partial charge is 0.327 e. The third-order valence-corrected chi connectivity index (χ3v) is 6.86. The summed E-state index contributed by atoms with van der Waals surface area (Å²) in [6.45, 7) is 4.55. The molecule has 0 radical (unpaired) electrons. The van der Waals surface area contributed by atoms with Gasteiger partial charge in [0.1, 0.15) is 11.7 Å². The van der Waals surface area contributed by atoms with Crippen LogP contribution in [-0.4, -0.2) is 21.0 Å². The molecule has 3 nitrogen and oxygen atoms in total. The Hall–Kier alpha value is -4.02. The molecule has 5 rings (SSSR count). The first-order valence-corrected chi connectivity index (χ1v) is 13.4. The van der Waals surface area contributed by atoms with Crippen LogP contribution in [-0.2, 0) is 19.6 Å². The summed E-state index contributed by atoms with van der Waals surface area (Å²) in [6, 6.07) is 34.8. The van der Waals surface area contributed by atoms with Crippen molar-refractivity contribution in [1.82, 2.24) is 14.5 Å². The minimum absolute atomic E-state index is 0.153. The maximum Gasteiger partial charge on any atom is 0.140 e. The summed E-state index contributed by atoms with van der Waals surface area (Å²) >= 11 is 0. The molecule has 0 N–H and O–H groups in total. The van der Waals surface area contributed by atoms with E-state index in [4.69, 9.17) is 4.98 Å². The number of hydrogen-bond acceptors (Lipinski definition) is 2. The van der Waals surface area contributed by atoms with Crippen LogP contribution in [0, 0.1) is 0 Å². The highest BCUT2D eigenvalue weighted by Gasteiger charge is 2.17. The van der Waals surface area contributed by atoms with Crippen molar-refractivity contribution in [2.24, 2.45) is 0 Å². The lowest BCUT2D eigenvalue weighted by atomic mass is 10.0. The average molecular weight is 504 g/mol. The number of benzene rings is 4. The molecule has 0 saturated heterocycles. The van der Waals surface area contributed by atoms with Crippen LogP contribution in [0.2, 0.25) is 0 Å². The zero-order valence-electron chi connectivity index (χ0n) is 21.9. The molecule has 4 heteroatoms. The maximum atomic E-state index is 15.4. The van der Waals surface area contributed by atoms with Crippen LogP contribution in [0.15, 0.2) is 115 Å². The van der Waals surface area contributed by atoms with Gasteiger partial charge in [0.25, 0.3) is 0 Å². The Morgan fingerprint density at radius 2 is 1.55 bits per heavy atom. The summed E-state index contributed by atoms with van der Waals surface area (Å²) in [7, 11) is 0. The Labute approximate surface area is 224 Å². The van der Waals surface area contributed by atoms with Crippen molar-refractivity contribution in [1.29, 1.82) is 0 Å². The van der Waals surface area contributed by atoms with Gasteiger partial charge in [-0.1, -0.05) is 116 Å². The second-order valence-corrected chi connectivity index (χ2v) is 9.73. The first-order valence-electron chi connectivity index (χ1n) is 13.4. The van der Waals surface area contributed by atoms with E-state index in [1.807, 2.05) is 54.7 Å². The van der Waals surface area contributed by atoms with Crippen LogP contribution in [0.5, 0.6) is 0 Å². The standard InChI is InChI=1S/C34H34FN3/c1-2-3-21-38-32(23-36-34(38)29-16-8-5-9-17-29)26-37(25-31(35)22-27-13-6-4-7-14-27)24-30-19-12-18-28-15-10-11-20-33(28)30/h4-20,22-23H,2-3,21,24-26H2,1H3. The van der Waals surface area contributed by atoms with Crippen molar-refractivity contribution in [3.63, 3.8) is 0 Å². The molecule has 0 unspecified atom stereocenters. The van der Waals surface area contributed by atoms with E-state index in [0.717, 1.165) is 42.0 Å². The molecule has 1 aromatic heterocycles. The Morgan fingerprint density at radius 1 is 0.842 bits per heavy atom. The van der Waals surface area contributed by atoms with E-state index in [1.165, 1.54) is 16.3 Å². The molecule has 38 heavy (non-hydrogen) atoms. The van der Waals surface area contributed by atoms with Crippen molar-refractivity contribution < 1.29 is 4.39 Å². The van der Waals surface area contributed by atoms with Crippen LogP contribution in [0.25, 0.3) is 28.2 Å². The number of halogens is 1. The van der Waals surface area contributed by atoms with Gasteiger partial charge in [0.2, 0.25) is 0 Å². The van der Waals surface area contributed by atoms with Gasteiger partial charge in [-0.25, -0.2) is 9.37 Å². The Balaban J connectivity index is 1.48. The van der Waals surface area contributed by atoms with E-state index >= 15 is 4.39 Å². The highest BCUT2D eigenvalue weighted by atomic mass is 19.1. The summed E-state index contributed by atoms with van der Waals surface area (Å²) in [5, 5.41) is 2.40. The lowest BCUT2D eigenvalue weighted by Gasteiger charge is -2.24. The fourth-order valence-corrected chi connectivity index (χ4v) is 4.98. The molecule has 0 amide bonds. The smallest absolute Gasteiger partial charge is 0.140 e. The predicted molar refractivity (Wildman–Crippen MR) is 156 cm³/mol. The molecule has 1 heterocycles. The van der Waals surface area contributed by atoms with Gasteiger partial charge in [0.15, 0.2) is 0 Å². The minimum Gasteiger partial charge on any atom is -0.327 e. The van der Waals surface area contributed by atoms with Crippen LogP contribution >= 0.6 is 0 Å². The first kappa shape index (κ1) is 25.6. The highest BCUT2D eigenvalue weighted by molar-refractivity contribution is 5.85. The van der Waals surface area contributed by atoms with E-state index in [1.54, 1.807) is 6.08 Å². The fraction of sp³-hybridized carbons (Fsp3) is 0.206. The molecule has 4 aromatic carbocycles. The molecule has 0 aliphatic heterocycles. The summed E-state index contributed by atoms with van der Waals surface area (Å²) < 4.78 is 17.7. The molecule has 0 atom stereocenters. The normalized spacial score (nSPS) is 11.9. The quantitative estimate of drug-likeness (QED) is 0.180. The van der Waals surface area contributed by atoms with Crippen molar-refractivity contribution in [3.8, 4) is 11.4 Å². The van der Waals surface area contributed by atoms with Gasteiger partial charge in [-0.15, -0.1) is 0 Å². The van der Waals surface area contributed by atoms with Crippen molar-refractivity contribution >= 4 is 16.8 Å². The van der Waals surface area contributed by atoms with Gasteiger partial charge in [0.05, 0.1) is 18.4 Å². The average Bonchev–Trinajstić information content (AvgIpc) is 3.35. The van der Waals surface area contributed by atoms with E-state index in [-0.39, 0.29) is 12.4 Å². The molecular formula is C34H34FN3. The third-order valence-electron chi connectivity index (χ3n) is 6.86. The number of fused-ring (bicyclic) bond motifs is 1. The van der Waals surface area contributed by atoms with Crippen molar-refractivity contribution in [2.75, 3.05) is 6.54 Å². The van der Waals surface area contributed by atoms with Crippen LogP contribution < -0.4 is 0 Å². The molecule has 0 saturated carbocycles. The van der Waals surface area contributed by atoms with E-state index in [0.29, 0.717) is 13.1 Å². The maximum absolute atomic E-state index is 15.4. The van der Waals surface area contributed by atoms with Crippen LogP contribution in [0.4, 0.5) is 4.39 Å². The number of imidazole rings is 1. The Bertz CT molecular complexity index is 1480. The van der Waals surface area contributed by atoms with Gasteiger partial charge in [-0.05, 0) is 34.4 Å². The molecule has 5 aromatic rings. The number of rotatable bonds is 11. The summed E-state index contributed by atoms with van der Waals surface area (Å²) in [5.74, 6) is 0.818. The zero-order valence-corrected chi connectivity index (χ0v) is 21.9. The van der Waals surface area contributed by atoms with Gasteiger partial charge in [-0.3, -0.25) is 4.90 Å². The topological polar surface area (TPSA) is 21.1 Å². The van der Waals surface area contributed by atoms with Crippen molar-refractivity contribution in [3.05, 3.63) is 132 Å². The number of unbranched alkanes of at least 4 members (excludes halogenated alkanes) is 1. The van der Waals surface area contributed by atoms with E-state index < -0.39 is 0 Å². The van der Waals surface area contributed by atoms with Crippen LogP contribution in [0.3, 0.4) is 0 Å². The number of hydrogen-bond donors (Lipinski definition) is 0. The first-order chi connectivity index (χ1) is 18.7. The third kappa shape index (κ3) is 6.27. The molecule has 0 bridgehead atoms. The fourth-order valence-electron chi connectivity index (χ4n) is 4.98. The zero-order chi connectivity index (χ0) is 26.2. The second-order valence-electron chi connectivity index (χ2n) is 9.73. The monoisotopic (exact) mass is 503 g/mol. The highest BCUT2D eigenvalue weighted by Crippen LogP contribution is 2.25. The predicted octanol–water partition coefficient (Wildman–Crippen LogP) is 8.52.